The van der Waals surface area contributed by atoms with Crippen LogP contribution in [0, 0.1) is 17.1 Å². The van der Waals surface area contributed by atoms with Gasteiger partial charge in [-0.25, -0.2) is 9.37 Å². The molecular weight excluding hydrogens is 265 g/mol. The number of fused-ring (bicyclic) bond motifs is 1. The van der Waals surface area contributed by atoms with Crippen molar-refractivity contribution in [1.29, 1.82) is 5.26 Å². The fourth-order valence-corrected chi connectivity index (χ4v) is 2.71. The van der Waals surface area contributed by atoms with Crippen LogP contribution in [0.5, 0.6) is 0 Å². The first-order valence-electron chi connectivity index (χ1n) is 7.18. The number of aryl methyl sites for hydroxylation is 2. The van der Waals surface area contributed by atoms with Gasteiger partial charge in [-0.3, -0.25) is 0 Å². The first kappa shape index (κ1) is 13.6. The van der Waals surface area contributed by atoms with Crippen molar-refractivity contribution in [1.82, 2.24) is 4.98 Å². The zero-order chi connectivity index (χ0) is 14.7. The van der Waals surface area contributed by atoms with Crippen molar-refractivity contribution in [3.8, 4) is 6.07 Å². The van der Waals surface area contributed by atoms with Crippen LogP contribution in [0.3, 0.4) is 0 Å². The highest BCUT2D eigenvalue weighted by Crippen LogP contribution is 2.24. The standard InChI is InChI=1S/C17H16FN3/c18-15-6-2-1-4-12(15)8-9-20-17-14(11-19)10-13-5-3-7-16(13)21-17/h1-2,4,6,10H,3,5,7-9H2,(H,20,21). The maximum atomic E-state index is 13.5. The van der Waals surface area contributed by atoms with E-state index < -0.39 is 0 Å². The molecule has 0 saturated heterocycles. The molecule has 1 aromatic carbocycles. The van der Waals surface area contributed by atoms with Gasteiger partial charge in [-0.15, -0.1) is 0 Å². The molecule has 0 unspecified atom stereocenters. The lowest BCUT2D eigenvalue weighted by molar-refractivity contribution is 0.610. The molecule has 2 aromatic rings. The second kappa shape index (κ2) is 5.92. The zero-order valence-corrected chi connectivity index (χ0v) is 11.7. The fourth-order valence-electron chi connectivity index (χ4n) is 2.71. The highest BCUT2D eigenvalue weighted by molar-refractivity contribution is 5.55. The van der Waals surface area contributed by atoms with E-state index in [4.69, 9.17) is 0 Å². The molecule has 4 heteroatoms. The summed E-state index contributed by atoms with van der Waals surface area (Å²) in [7, 11) is 0. The van der Waals surface area contributed by atoms with Gasteiger partial charge in [0.05, 0.1) is 5.56 Å². The molecule has 0 fully saturated rings. The van der Waals surface area contributed by atoms with Gasteiger partial charge < -0.3 is 5.32 Å². The average molecular weight is 281 g/mol. The van der Waals surface area contributed by atoms with Gasteiger partial charge in [0.1, 0.15) is 17.7 Å². The summed E-state index contributed by atoms with van der Waals surface area (Å²) in [5, 5.41) is 12.4. The third-order valence-electron chi connectivity index (χ3n) is 3.82. The minimum absolute atomic E-state index is 0.193. The third-order valence-corrected chi connectivity index (χ3v) is 3.82. The maximum absolute atomic E-state index is 13.5. The first-order chi connectivity index (χ1) is 10.3. The van der Waals surface area contributed by atoms with Crippen molar-refractivity contribution < 1.29 is 4.39 Å². The smallest absolute Gasteiger partial charge is 0.144 e. The number of halogens is 1. The topological polar surface area (TPSA) is 48.7 Å². The highest BCUT2D eigenvalue weighted by Gasteiger charge is 2.16. The molecule has 0 aliphatic heterocycles. The van der Waals surface area contributed by atoms with E-state index in [0.29, 0.717) is 29.9 Å². The fraction of sp³-hybridized carbons (Fsp3) is 0.294. The number of hydrogen-bond acceptors (Lipinski definition) is 3. The van der Waals surface area contributed by atoms with Crippen molar-refractivity contribution in [2.24, 2.45) is 0 Å². The van der Waals surface area contributed by atoms with Gasteiger partial charge >= 0.3 is 0 Å². The number of aromatic nitrogens is 1. The van der Waals surface area contributed by atoms with Crippen LogP contribution in [-0.4, -0.2) is 11.5 Å². The van der Waals surface area contributed by atoms with Gasteiger partial charge in [0.15, 0.2) is 0 Å². The average Bonchev–Trinajstić information content (AvgIpc) is 2.95. The predicted octanol–water partition coefficient (Wildman–Crippen LogP) is 3.24. The molecule has 3 nitrogen and oxygen atoms in total. The maximum Gasteiger partial charge on any atom is 0.144 e. The molecule has 1 aromatic heterocycles. The Morgan fingerprint density at radius 3 is 2.95 bits per heavy atom. The van der Waals surface area contributed by atoms with Crippen LogP contribution in [0.4, 0.5) is 10.2 Å². The summed E-state index contributed by atoms with van der Waals surface area (Å²) >= 11 is 0. The summed E-state index contributed by atoms with van der Waals surface area (Å²) in [6.45, 7) is 0.557. The Bertz CT molecular complexity index is 704. The van der Waals surface area contributed by atoms with Gasteiger partial charge in [-0.1, -0.05) is 18.2 Å². The van der Waals surface area contributed by atoms with E-state index >= 15 is 0 Å². The number of nitrogens with zero attached hydrogens (tertiary/aromatic N) is 2. The van der Waals surface area contributed by atoms with Gasteiger partial charge in [-0.05, 0) is 48.9 Å². The van der Waals surface area contributed by atoms with Gasteiger partial charge in [-0.2, -0.15) is 5.26 Å². The molecule has 0 atom stereocenters. The Morgan fingerprint density at radius 2 is 2.14 bits per heavy atom. The van der Waals surface area contributed by atoms with Crippen LogP contribution in [0.1, 0.15) is 28.8 Å². The van der Waals surface area contributed by atoms with Crippen LogP contribution in [0.25, 0.3) is 0 Å². The largest absolute Gasteiger partial charge is 0.369 e. The normalized spacial score (nSPS) is 12.8. The molecule has 0 bridgehead atoms. The van der Waals surface area contributed by atoms with Gasteiger partial charge in [0.2, 0.25) is 0 Å². The minimum atomic E-state index is -0.193. The number of benzene rings is 1. The first-order valence-corrected chi connectivity index (χ1v) is 7.18. The number of nitriles is 1. The molecule has 1 heterocycles. The summed E-state index contributed by atoms with van der Waals surface area (Å²) in [6, 6.07) is 10.9. The number of pyridine rings is 1. The summed E-state index contributed by atoms with van der Waals surface area (Å²) < 4.78 is 13.5. The summed E-state index contributed by atoms with van der Waals surface area (Å²) in [5.74, 6) is 0.427. The molecule has 0 radical (unpaired) electrons. The molecule has 106 valence electrons. The van der Waals surface area contributed by atoms with Crippen LogP contribution in [0.15, 0.2) is 30.3 Å². The van der Waals surface area contributed by atoms with Crippen LogP contribution in [0.2, 0.25) is 0 Å². The number of rotatable bonds is 4. The summed E-state index contributed by atoms with van der Waals surface area (Å²) in [4.78, 5) is 4.55. The lowest BCUT2D eigenvalue weighted by Crippen LogP contribution is -2.10. The van der Waals surface area contributed by atoms with E-state index in [9.17, 15) is 9.65 Å². The van der Waals surface area contributed by atoms with Crippen molar-refractivity contribution in [3.05, 3.63) is 58.5 Å². The lowest BCUT2D eigenvalue weighted by atomic mass is 10.1. The molecule has 21 heavy (non-hydrogen) atoms. The van der Waals surface area contributed by atoms with Crippen molar-refractivity contribution in [2.45, 2.75) is 25.7 Å². The molecule has 0 amide bonds. The predicted molar refractivity (Wildman–Crippen MR) is 79.6 cm³/mol. The Labute approximate surface area is 123 Å². The van der Waals surface area contributed by atoms with E-state index in [2.05, 4.69) is 16.4 Å². The monoisotopic (exact) mass is 281 g/mol. The SMILES string of the molecule is N#Cc1cc2c(nc1NCCc1ccccc1F)CCC2. The lowest BCUT2D eigenvalue weighted by Gasteiger charge is -2.10. The quantitative estimate of drug-likeness (QED) is 0.936. The third kappa shape index (κ3) is 2.87. The number of anilines is 1. The Balaban J connectivity index is 1.71. The van der Waals surface area contributed by atoms with E-state index in [1.165, 1.54) is 11.6 Å². The molecular formula is C17H16FN3. The van der Waals surface area contributed by atoms with Crippen LogP contribution >= 0.6 is 0 Å². The van der Waals surface area contributed by atoms with Crippen molar-refractivity contribution >= 4 is 5.82 Å². The molecule has 3 rings (SSSR count). The summed E-state index contributed by atoms with van der Waals surface area (Å²) in [6.07, 6.45) is 3.65. The Kier molecular flexibility index (Phi) is 3.83. The Morgan fingerprint density at radius 1 is 1.29 bits per heavy atom. The van der Waals surface area contributed by atoms with Crippen LogP contribution < -0.4 is 5.32 Å². The van der Waals surface area contributed by atoms with E-state index in [1.54, 1.807) is 12.1 Å². The Hall–Kier alpha value is -2.41. The number of nitrogens with one attached hydrogen (secondary N) is 1. The molecule has 0 saturated carbocycles. The second-order valence-corrected chi connectivity index (χ2v) is 5.22. The van der Waals surface area contributed by atoms with Crippen LogP contribution in [-0.2, 0) is 19.3 Å². The second-order valence-electron chi connectivity index (χ2n) is 5.22. The van der Waals surface area contributed by atoms with E-state index in [0.717, 1.165) is 25.0 Å². The molecule has 1 aliphatic carbocycles. The zero-order valence-electron chi connectivity index (χ0n) is 11.7. The van der Waals surface area contributed by atoms with E-state index in [-0.39, 0.29) is 5.82 Å². The highest BCUT2D eigenvalue weighted by atomic mass is 19.1. The van der Waals surface area contributed by atoms with E-state index in [1.807, 2.05) is 12.1 Å². The van der Waals surface area contributed by atoms with Gasteiger partial charge in [0.25, 0.3) is 0 Å². The number of hydrogen-bond donors (Lipinski definition) is 1. The van der Waals surface area contributed by atoms with Crippen molar-refractivity contribution in [2.75, 3.05) is 11.9 Å². The molecule has 1 N–H and O–H groups in total. The molecule has 0 spiro atoms. The molecule has 1 aliphatic rings. The van der Waals surface area contributed by atoms with Gasteiger partial charge in [0, 0.05) is 12.2 Å². The summed E-state index contributed by atoms with van der Waals surface area (Å²) in [5.41, 5.74) is 3.52. The van der Waals surface area contributed by atoms with Crippen molar-refractivity contribution in [3.63, 3.8) is 0 Å². The minimum Gasteiger partial charge on any atom is -0.369 e.